The first-order valence-electron chi connectivity index (χ1n) is 8.68. The van der Waals surface area contributed by atoms with Crippen molar-refractivity contribution in [1.82, 2.24) is 19.7 Å². The Kier molecular flexibility index (Phi) is 5.53. The molecule has 2 aromatic heterocycles. The smallest absolute Gasteiger partial charge is 0.413 e. The highest BCUT2D eigenvalue weighted by molar-refractivity contribution is 5.95. The SMILES string of the molecule is CC(C)(C)OC(=O)Cn1cc2c(NC(=O)OCc3ccccc3)ncnc2n1. The summed E-state index contributed by atoms with van der Waals surface area (Å²) < 4.78 is 11.9. The van der Waals surface area contributed by atoms with E-state index in [0.29, 0.717) is 11.0 Å². The minimum absolute atomic E-state index is 0.0779. The predicted octanol–water partition coefficient (Wildman–Crippen LogP) is 2.92. The van der Waals surface area contributed by atoms with E-state index < -0.39 is 17.7 Å². The molecule has 0 spiro atoms. The summed E-state index contributed by atoms with van der Waals surface area (Å²) in [6.07, 6.45) is 2.20. The second kappa shape index (κ2) is 8.03. The Labute approximate surface area is 161 Å². The number of hydrogen-bond acceptors (Lipinski definition) is 7. The van der Waals surface area contributed by atoms with Gasteiger partial charge in [0.2, 0.25) is 0 Å². The summed E-state index contributed by atoms with van der Waals surface area (Å²) >= 11 is 0. The number of hydrogen-bond donors (Lipinski definition) is 1. The molecule has 0 saturated carbocycles. The maximum atomic E-state index is 12.1. The predicted molar refractivity (Wildman–Crippen MR) is 101 cm³/mol. The zero-order chi connectivity index (χ0) is 20.1. The average Bonchev–Trinajstić information content (AvgIpc) is 3.02. The van der Waals surface area contributed by atoms with Gasteiger partial charge in [-0.1, -0.05) is 30.3 Å². The fraction of sp³-hybridized carbons (Fsp3) is 0.316. The van der Waals surface area contributed by atoms with E-state index in [9.17, 15) is 9.59 Å². The summed E-state index contributed by atoms with van der Waals surface area (Å²) in [5.74, 6) is -0.177. The Balaban J connectivity index is 1.67. The van der Waals surface area contributed by atoms with Gasteiger partial charge in [-0.05, 0) is 26.3 Å². The topological polar surface area (TPSA) is 108 Å². The van der Waals surface area contributed by atoms with Crippen molar-refractivity contribution >= 4 is 28.9 Å². The van der Waals surface area contributed by atoms with Crippen LogP contribution < -0.4 is 5.32 Å². The van der Waals surface area contributed by atoms with E-state index in [-0.39, 0.29) is 19.0 Å². The molecule has 3 aromatic rings. The molecule has 1 N–H and O–H groups in total. The summed E-state index contributed by atoms with van der Waals surface area (Å²) in [5.41, 5.74) is 0.631. The second-order valence-corrected chi connectivity index (χ2v) is 7.06. The average molecular weight is 383 g/mol. The van der Waals surface area contributed by atoms with Crippen LogP contribution in [0.15, 0.2) is 42.9 Å². The molecule has 2 heterocycles. The minimum atomic E-state index is -0.649. The first-order valence-corrected chi connectivity index (χ1v) is 8.68. The first kappa shape index (κ1) is 19.3. The van der Waals surface area contributed by atoms with E-state index in [1.165, 1.54) is 11.0 Å². The van der Waals surface area contributed by atoms with Crippen molar-refractivity contribution in [1.29, 1.82) is 0 Å². The largest absolute Gasteiger partial charge is 0.459 e. The molecule has 9 heteroatoms. The molecule has 3 rings (SSSR count). The van der Waals surface area contributed by atoms with E-state index >= 15 is 0 Å². The van der Waals surface area contributed by atoms with Gasteiger partial charge in [0, 0.05) is 6.20 Å². The standard InChI is InChI=1S/C19H21N5O4/c1-19(2,3)28-15(25)10-24-9-14-16(20-12-21-17(14)23-24)22-18(26)27-11-13-7-5-4-6-8-13/h4-9,12H,10-11H2,1-3H3,(H,20,21,22,23,26). The maximum absolute atomic E-state index is 12.1. The lowest BCUT2D eigenvalue weighted by atomic mass is 10.2. The van der Waals surface area contributed by atoms with Crippen molar-refractivity contribution in [3.05, 3.63) is 48.4 Å². The number of carbonyl (C=O) groups excluding carboxylic acids is 2. The van der Waals surface area contributed by atoms with Crippen molar-refractivity contribution < 1.29 is 19.1 Å². The number of anilines is 1. The Bertz CT molecular complexity index is 979. The summed E-state index contributed by atoms with van der Waals surface area (Å²) in [7, 11) is 0. The molecule has 0 fully saturated rings. The van der Waals surface area contributed by atoms with Gasteiger partial charge in [0.1, 0.15) is 30.9 Å². The zero-order valence-electron chi connectivity index (χ0n) is 15.9. The molecule has 0 unspecified atom stereocenters. The number of benzene rings is 1. The van der Waals surface area contributed by atoms with Crippen LogP contribution in [0.5, 0.6) is 0 Å². The quantitative estimate of drug-likeness (QED) is 0.675. The number of fused-ring (bicyclic) bond motifs is 1. The number of rotatable bonds is 5. The highest BCUT2D eigenvalue weighted by Gasteiger charge is 2.18. The Morgan fingerprint density at radius 3 is 2.61 bits per heavy atom. The third-order valence-corrected chi connectivity index (χ3v) is 3.51. The molecule has 0 aliphatic rings. The van der Waals surface area contributed by atoms with Crippen LogP contribution in [-0.4, -0.2) is 37.4 Å². The number of aromatic nitrogens is 4. The van der Waals surface area contributed by atoms with Gasteiger partial charge in [0.25, 0.3) is 0 Å². The van der Waals surface area contributed by atoms with Crippen molar-refractivity contribution in [3.8, 4) is 0 Å². The van der Waals surface area contributed by atoms with E-state index in [2.05, 4.69) is 20.4 Å². The molecular formula is C19H21N5O4. The molecule has 0 aliphatic heterocycles. The third-order valence-electron chi connectivity index (χ3n) is 3.51. The van der Waals surface area contributed by atoms with Crippen LogP contribution in [0.4, 0.5) is 10.6 Å². The van der Waals surface area contributed by atoms with Crippen LogP contribution in [0.3, 0.4) is 0 Å². The molecule has 146 valence electrons. The Hall–Kier alpha value is -3.49. The molecule has 28 heavy (non-hydrogen) atoms. The Morgan fingerprint density at radius 2 is 1.89 bits per heavy atom. The summed E-state index contributed by atoms with van der Waals surface area (Å²) in [4.78, 5) is 32.2. The fourth-order valence-corrected chi connectivity index (χ4v) is 2.43. The van der Waals surface area contributed by atoms with Crippen molar-refractivity contribution in [2.75, 3.05) is 5.32 Å². The monoisotopic (exact) mass is 383 g/mol. The van der Waals surface area contributed by atoms with E-state index in [1.807, 2.05) is 30.3 Å². The molecule has 0 bridgehead atoms. The van der Waals surface area contributed by atoms with Crippen LogP contribution in [0.1, 0.15) is 26.3 Å². The number of amides is 1. The van der Waals surface area contributed by atoms with Crippen LogP contribution in [0, 0.1) is 0 Å². The van der Waals surface area contributed by atoms with Crippen molar-refractivity contribution in [2.24, 2.45) is 0 Å². The van der Waals surface area contributed by atoms with Gasteiger partial charge in [-0.15, -0.1) is 0 Å². The number of carbonyl (C=O) groups is 2. The number of esters is 1. The van der Waals surface area contributed by atoms with Crippen molar-refractivity contribution in [3.63, 3.8) is 0 Å². The van der Waals surface area contributed by atoms with Gasteiger partial charge < -0.3 is 9.47 Å². The zero-order valence-corrected chi connectivity index (χ0v) is 15.9. The van der Waals surface area contributed by atoms with Gasteiger partial charge in [0.05, 0.1) is 5.39 Å². The lowest BCUT2D eigenvalue weighted by Crippen LogP contribution is -2.26. The van der Waals surface area contributed by atoms with Crippen LogP contribution >= 0.6 is 0 Å². The highest BCUT2D eigenvalue weighted by atomic mass is 16.6. The normalized spacial score (nSPS) is 11.2. The molecule has 0 radical (unpaired) electrons. The third kappa shape index (κ3) is 5.26. The molecule has 9 nitrogen and oxygen atoms in total. The van der Waals surface area contributed by atoms with Crippen LogP contribution in [-0.2, 0) is 27.4 Å². The molecular weight excluding hydrogens is 362 g/mol. The molecule has 1 aromatic carbocycles. The molecule has 0 saturated heterocycles. The van der Waals surface area contributed by atoms with Gasteiger partial charge in [-0.25, -0.2) is 14.8 Å². The minimum Gasteiger partial charge on any atom is -0.459 e. The van der Waals surface area contributed by atoms with Gasteiger partial charge in [-0.2, -0.15) is 5.10 Å². The van der Waals surface area contributed by atoms with E-state index in [4.69, 9.17) is 9.47 Å². The van der Waals surface area contributed by atoms with E-state index in [0.717, 1.165) is 5.56 Å². The number of ether oxygens (including phenoxy) is 2. The number of nitrogens with zero attached hydrogens (tertiary/aromatic N) is 4. The molecule has 0 aliphatic carbocycles. The van der Waals surface area contributed by atoms with Gasteiger partial charge in [-0.3, -0.25) is 14.8 Å². The Morgan fingerprint density at radius 1 is 1.14 bits per heavy atom. The molecule has 0 atom stereocenters. The first-order chi connectivity index (χ1) is 13.3. The lowest BCUT2D eigenvalue weighted by molar-refractivity contribution is -0.155. The summed E-state index contributed by atoms with van der Waals surface area (Å²) in [5, 5.41) is 7.28. The molecule has 1 amide bonds. The van der Waals surface area contributed by atoms with E-state index in [1.54, 1.807) is 27.0 Å². The van der Waals surface area contributed by atoms with Gasteiger partial charge >= 0.3 is 12.1 Å². The van der Waals surface area contributed by atoms with Gasteiger partial charge in [0.15, 0.2) is 5.65 Å². The second-order valence-electron chi connectivity index (χ2n) is 7.06. The fourth-order valence-electron chi connectivity index (χ4n) is 2.43. The number of nitrogens with one attached hydrogen (secondary N) is 1. The lowest BCUT2D eigenvalue weighted by Gasteiger charge is -2.19. The van der Waals surface area contributed by atoms with Crippen LogP contribution in [0.25, 0.3) is 11.0 Å². The highest BCUT2D eigenvalue weighted by Crippen LogP contribution is 2.18. The van der Waals surface area contributed by atoms with Crippen LogP contribution in [0.2, 0.25) is 0 Å². The summed E-state index contributed by atoms with van der Waals surface area (Å²) in [6.45, 7) is 5.43. The van der Waals surface area contributed by atoms with Crippen molar-refractivity contribution in [2.45, 2.75) is 39.5 Å². The summed E-state index contributed by atoms with van der Waals surface area (Å²) in [6, 6.07) is 9.33. The maximum Gasteiger partial charge on any atom is 0.413 e.